The van der Waals surface area contributed by atoms with Gasteiger partial charge in [0.25, 0.3) is 5.91 Å². The maximum atomic E-state index is 11.8. The predicted octanol–water partition coefficient (Wildman–Crippen LogP) is 2.62. The second-order valence-corrected chi connectivity index (χ2v) is 3.97. The number of hydrogen-bond acceptors (Lipinski definition) is 3. The van der Waals surface area contributed by atoms with Crippen molar-refractivity contribution in [2.24, 2.45) is 0 Å². The highest BCUT2D eigenvalue weighted by Crippen LogP contribution is 2.12. The second kappa shape index (κ2) is 5.54. The molecule has 2 aromatic rings. The summed E-state index contributed by atoms with van der Waals surface area (Å²) < 4.78 is 0. The van der Waals surface area contributed by atoms with E-state index in [1.165, 1.54) is 18.7 Å². The van der Waals surface area contributed by atoms with Gasteiger partial charge in [-0.3, -0.25) is 4.79 Å². The van der Waals surface area contributed by atoms with Gasteiger partial charge in [-0.2, -0.15) is 0 Å². The Labute approximate surface area is 107 Å². The first kappa shape index (κ1) is 11.7. The molecule has 4 nitrogen and oxygen atoms in total. The highest BCUT2D eigenvalue weighted by atomic mass is 79.9. The van der Waals surface area contributed by atoms with Crippen LogP contribution in [-0.4, -0.2) is 15.9 Å². The number of nitrogens with zero attached hydrogens (tertiary/aromatic N) is 2. The number of halogens is 1. The van der Waals surface area contributed by atoms with Crippen LogP contribution in [0.15, 0.2) is 43.0 Å². The number of anilines is 1. The smallest absolute Gasteiger partial charge is 0.258 e. The maximum Gasteiger partial charge on any atom is 0.258 e. The number of benzene rings is 1. The van der Waals surface area contributed by atoms with Crippen LogP contribution in [0.25, 0.3) is 0 Å². The van der Waals surface area contributed by atoms with E-state index in [2.05, 4.69) is 31.2 Å². The third-order valence-corrected chi connectivity index (χ3v) is 2.84. The van der Waals surface area contributed by atoms with Crippen molar-refractivity contribution in [3.63, 3.8) is 0 Å². The molecule has 0 radical (unpaired) electrons. The Morgan fingerprint density at radius 2 is 1.82 bits per heavy atom. The van der Waals surface area contributed by atoms with E-state index in [0.717, 1.165) is 16.6 Å². The van der Waals surface area contributed by atoms with Gasteiger partial charge in [-0.05, 0) is 17.7 Å². The number of carbonyl (C=O) groups is 1. The van der Waals surface area contributed by atoms with Crippen LogP contribution in [0.5, 0.6) is 0 Å². The summed E-state index contributed by atoms with van der Waals surface area (Å²) in [6.45, 7) is 0. The van der Waals surface area contributed by atoms with Crippen LogP contribution in [-0.2, 0) is 5.33 Å². The van der Waals surface area contributed by atoms with Crippen LogP contribution in [0.1, 0.15) is 15.9 Å². The highest BCUT2D eigenvalue weighted by molar-refractivity contribution is 9.08. The monoisotopic (exact) mass is 291 g/mol. The summed E-state index contributed by atoms with van der Waals surface area (Å²) >= 11 is 3.37. The Balaban J connectivity index is 2.08. The first-order valence-corrected chi connectivity index (χ1v) is 6.13. The van der Waals surface area contributed by atoms with Crippen molar-refractivity contribution in [3.05, 3.63) is 54.1 Å². The van der Waals surface area contributed by atoms with E-state index in [1.807, 2.05) is 24.3 Å². The van der Waals surface area contributed by atoms with E-state index in [9.17, 15) is 4.79 Å². The first-order chi connectivity index (χ1) is 8.29. The first-order valence-electron chi connectivity index (χ1n) is 5.01. The van der Waals surface area contributed by atoms with Crippen LogP contribution in [0.3, 0.4) is 0 Å². The zero-order chi connectivity index (χ0) is 12.1. The van der Waals surface area contributed by atoms with Crippen LogP contribution < -0.4 is 5.32 Å². The van der Waals surface area contributed by atoms with Crippen molar-refractivity contribution in [2.75, 3.05) is 5.32 Å². The van der Waals surface area contributed by atoms with E-state index >= 15 is 0 Å². The topological polar surface area (TPSA) is 54.9 Å². The van der Waals surface area contributed by atoms with Crippen molar-refractivity contribution in [2.45, 2.75) is 5.33 Å². The Morgan fingerprint density at radius 1 is 1.18 bits per heavy atom. The summed E-state index contributed by atoms with van der Waals surface area (Å²) in [4.78, 5) is 19.4. The summed E-state index contributed by atoms with van der Waals surface area (Å²) in [5, 5.41) is 3.57. The summed E-state index contributed by atoms with van der Waals surface area (Å²) in [6.07, 6.45) is 4.35. The van der Waals surface area contributed by atoms with Crippen LogP contribution in [0, 0.1) is 0 Å². The number of aromatic nitrogens is 2. The molecule has 1 N–H and O–H groups in total. The lowest BCUT2D eigenvalue weighted by atomic mass is 10.2. The fourth-order valence-electron chi connectivity index (χ4n) is 1.30. The van der Waals surface area contributed by atoms with E-state index in [0.29, 0.717) is 5.56 Å². The minimum Gasteiger partial charge on any atom is -0.322 e. The average Bonchev–Trinajstić information content (AvgIpc) is 2.40. The summed E-state index contributed by atoms with van der Waals surface area (Å²) in [5.74, 6) is -0.211. The number of amides is 1. The fourth-order valence-corrected chi connectivity index (χ4v) is 1.67. The van der Waals surface area contributed by atoms with Crippen LogP contribution >= 0.6 is 15.9 Å². The highest BCUT2D eigenvalue weighted by Gasteiger charge is 2.05. The molecule has 0 spiro atoms. The lowest BCUT2D eigenvalue weighted by Gasteiger charge is -2.05. The van der Waals surface area contributed by atoms with Crippen LogP contribution in [0.2, 0.25) is 0 Å². The van der Waals surface area contributed by atoms with Gasteiger partial charge in [-0.25, -0.2) is 9.97 Å². The third-order valence-electron chi connectivity index (χ3n) is 2.19. The number of rotatable bonds is 3. The van der Waals surface area contributed by atoms with E-state index in [1.54, 1.807) is 0 Å². The molecule has 0 bridgehead atoms. The average molecular weight is 292 g/mol. The minimum atomic E-state index is -0.211. The zero-order valence-corrected chi connectivity index (χ0v) is 10.5. The third kappa shape index (κ3) is 3.10. The number of carbonyl (C=O) groups excluding carboxylic acids is 1. The van der Waals surface area contributed by atoms with Crippen molar-refractivity contribution in [3.8, 4) is 0 Å². The van der Waals surface area contributed by atoms with Gasteiger partial charge in [0.1, 0.15) is 6.33 Å². The van der Waals surface area contributed by atoms with Gasteiger partial charge in [0.15, 0.2) is 0 Å². The molecule has 1 aromatic carbocycles. The fraction of sp³-hybridized carbons (Fsp3) is 0.0833. The molecule has 1 heterocycles. The minimum absolute atomic E-state index is 0.211. The van der Waals surface area contributed by atoms with E-state index in [-0.39, 0.29) is 5.91 Å². The second-order valence-electron chi connectivity index (χ2n) is 3.41. The molecular formula is C12H10BrN3O. The molecule has 2 rings (SSSR count). The van der Waals surface area contributed by atoms with Crippen molar-refractivity contribution < 1.29 is 4.79 Å². The van der Waals surface area contributed by atoms with Crippen molar-refractivity contribution in [1.82, 2.24) is 9.97 Å². The van der Waals surface area contributed by atoms with Crippen molar-refractivity contribution in [1.29, 1.82) is 0 Å². The molecule has 0 atom stereocenters. The standard InChI is InChI=1S/C12H10BrN3O/c13-5-9-1-3-11(4-2-9)16-12(17)10-6-14-8-15-7-10/h1-4,6-8H,5H2,(H,16,17). The van der Waals surface area contributed by atoms with Crippen molar-refractivity contribution >= 4 is 27.5 Å². The Hall–Kier alpha value is -1.75. The molecule has 0 saturated heterocycles. The lowest BCUT2D eigenvalue weighted by Crippen LogP contribution is -2.12. The number of hydrogen-bond donors (Lipinski definition) is 1. The molecule has 0 aliphatic carbocycles. The molecule has 0 fully saturated rings. The largest absolute Gasteiger partial charge is 0.322 e. The molecule has 86 valence electrons. The van der Waals surface area contributed by atoms with Crippen LogP contribution in [0.4, 0.5) is 5.69 Å². The predicted molar refractivity (Wildman–Crippen MR) is 69.1 cm³/mol. The summed E-state index contributed by atoms with van der Waals surface area (Å²) in [5.41, 5.74) is 2.35. The molecule has 1 amide bonds. The van der Waals surface area contributed by atoms with Gasteiger partial charge in [0, 0.05) is 23.4 Å². The number of alkyl halides is 1. The lowest BCUT2D eigenvalue weighted by molar-refractivity contribution is 0.102. The molecule has 0 unspecified atom stereocenters. The normalized spacial score (nSPS) is 9.94. The van der Waals surface area contributed by atoms with E-state index in [4.69, 9.17) is 0 Å². The van der Waals surface area contributed by atoms with Gasteiger partial charge in [0.05, 0.1) is 5.56 Å². The quantitative estimate of drug-likeness (QED) is 0.885. The molecule has 0 saturated carbocycles. The maximum absolute atomic E-state index is 11.8. The Kier molecular flexibility index (Phi) is 3.82. The molecule has 17 heavy (non-hydrogen) atoms. The summed E-state index contributed by atoms with van der Waals surface area (Å²) in [7, 11) is 0. The Bertz CT molecular complexity index is 499. The number of nitrogens with one attached hydrogen (secondary N) is 1. The molecule has 5 heteroatoms. The molecule has 1 aromatic heterocycles. The molecule has 0 aliphatic heterocycles. The molecular weight excluding hydrogens is 282 g/mol. The SMILES string of the molecule is O=C(Nc1ccc(CBr)cc1)c1cncnc1. The Morgan fingerprint density at radius 3 is 2.41 bits per heavy atom. The van der Waals surface area contributed by atoms with Gasteiger partial charge in [0.2, 0.25) is 0 Å². The molecule has 0 aliphatic rings. The van der Waals surface area contributed by atoms with Gasteiger partial charge >= 0.3 is 0 Å². The van der Waals surface area contributed by atoms with Gasteiger partial charge in [-0.1, -0.05) is 28.1 Å². The van der Waals surface area contributed by atoms with Gasteiger partial charge in [-0.15, -0.1) is 0 Å². The summed E-state index contributed by atoms with van der Waals surface area (Å²) in [6, 6.07) is 7.62. The zero-order valence-electron chi connectivity index (χ0n) is 8.93. The van der Waals surface area contributed by atoms with Gasteiger partial charge < -0.3 is 5.32 Å². The van der Waals surface area contributed by atoms with E-state index < -0.39 is 0 Å².